The van der Waals surface area contributed by atoms with E-state index in [4.69, 9.17) is 19.4 Å². The van der Waals surface area contributed by atoms with E-state index in [1.165, 1.54) is 14.2 Å². The molecule has 0 aliphatic carbocycles. The zero-order valence-corrected chi connectivity index (χ0v) is 30.6. The highest BCUT2D eigenvalue weighted by Gasteiger charge is 2.45. The normalized spacial score (nSPS) is 21.6. The summed E-state index contributed by atoms with van der Waals surface area (Å²) < 4.78 is 9.46. The molecule has 8 rings (SSSR count). The van der Waals surface area contributed by atoms with Gasteiger partial charge in [-0.3, -0.25) is 9.59 Å². The monoisotopic (exact) mass is 732 g/mol. The third-order valence-corrected chi connectivity index (χ3v) is 11.2. The van der Waals surface area contributed by atoms with Crippen LogP contribution >= 0.6 is 0 Å². The second-order valence-corrected chi connectivity index (χ2v) is 14.3. The van der Waals surface area contributed by atoms with Crippen molar-refractivity contribution < 1.29 is 28.7 Å². The van der Waals surface area contributed by atoms with Gasteiger partial charge in [-0.15, -0.1) is 0 Å². The molecule has 2 aromatic heterocycles. The zero-order valence-electron chi connectivity index (χ0n) is 30.6. The minimum absolute atomic E-state index is 0.0867. The van der Waals surface area contributed by atoms with Gasteiger partial charge in [0.25, 0.3) is 0 Å². The fraction of sp³-hybridized carbons (Fsp3) is 0.400. The molecule has 3 aliphatic rings. The van der Waals surface area contributed by atoms with Crippen LogP contribution in [0.5, 0.6) is 0 Å². The van der Waals surface area contributed by atoms with E-state index in [1.54, 1.807) is 0 Å². The molecule has 5 heterocycles. The summed E-state index contributed by atoms with van der Waals surface area (Å²) in [5.41, 5.74) is 7.65. The third-order valence-electron chi connectivity index (χ3n) is 11.2. The second-order valence-electron chi connectivity index (χ2n) is 14.3. The number of fused-ring (bicyclic) bond motifs is 3. The standard InChI is InChI=1S/C40H44N8O6/c1-4-27(45-39(51)53-2)37(49)47-19-5-6-33(47)35-41-28-15-11-24(20-31(28)43-35)22-7-9-23(10-8-22)25-12-16-29-32(21-25)44-36(42-29)34-18-14-26-13-17-30(38(50)48(26)34)46-40(52)54-3/h7-12,15-16,20-21,26-27,30,33-34H,4-6,13-14,17-19H2,1-3H3,(H,41,43)(H,42,44)(H,45,51)(H,46,52)/t26-,27+,30-,33-,34-/m0/s1. The second kappa shape index (κ2) is 14.5. The topological polar surface area (TPSA) is 175 Å². The molecule has 14 heteroatoms. The van der Waals surface area contributed by atoms with Gasteiger partial charge in [0.15, 0.2) is 0 Å². The Morgan fingerprint density at radius 1 is 0.778 bits per heavy atom. The van der Waals surface area contributed by atoms with E-state index in [0.29, 0.717) is 19.4 Å². The van der Waals surface area contributed by atoms with Gasteiger partial charge in [0.2, 0.25) is 11.8 Å². The maximum Gasteiger partial charge on any atom is 0.407 e. The summed E-state index contributed by atoms with van der Waals surface area (Å²) in [5, 5.41) is 5.35. The number of imidazole rings is 2. The number of nitrogens with one attached hydrogen (secondary N) is 4. The lowest BCUT2D eigenvalue weighted by Gasteiger charge is -2.37. The molecule has 0 saturated carbocycles. The van der Waals surface area contributed by atoms with E-state index in [-0.39, 0.29) is 29.9 Å². The smallest absolute Gasteiger partial charge is 0.407 e. The molecule has 280 valence electrons. The molecule has 54 heavy (non-hydrogen) atoms. The number of likely N-dealkylation sites (tertiary alicyclic amines) is 1. The van der Waals surface area contributed by atoms with Crippen molar-refractivity contribution in [1.29, 1.82) is 0 Å². The van der Waals surface area contributed by atoms with Gasteiger partial charge in [0, 0.05) is 12.6 Å². The molecule has 3 aliphatic heterocycles. The van der Waals surface area contributed by atoms with E-state index in [2.05, 4.69) is 69.1 Å². The number of alkyl carbamates (subject to hydrolysis) is 2. The van der Waals surface area contributed by atoms with Gasteiger partial charge in [0.1, 0.15) is 23.7 Å². The van der Waals surface area contributed by atoms with Gasteiger partial charge in [0.05, 0.1) is 48.4 Å². The van der Waals surface area contributed by atoms with Crippen molar-refractivity contribution in [2.24, 2.45) is 0 Å². The maximum atomic E-state index is 13.4. The summed E-state index contributed by atoms with van der Waals surface area (Å²) in [6.07, 6.45) is 4.03. The Kier molecular flexibility index (Phi) is 9.42. The quantitative estimate of drug-likeness (QED) is 0.148. The molecule has 5 aromatic rings. The summed E-state index contributed by atoms with van der Waals surface area (Å²) in [4.78, 5) is 71.0. The average molecular weight is 733 g/mol. The lowest BCUT2D eigenvalue weighted by molar-refractivity contribution is -0.139. The van der Waals surface area contributed by atoms with Gasteiger partial charge in [-0.1, -0.05) is 43.3 Å². The van der Waals surface area contributed by atoms with Crippen LogP contribution in [0, 0.1) is 0 Å². The van der Waals surface area contributed by atoms with Gasteiger partial charge >= 0.3 is 12.2 Å². The molecule has 3 saturated heterocycles. The minimum atomic E-state index is -0.657. The van der Waals surface area contributed by atoms with Crippen LogP contribution in [-0.4, -0.2) is 92.6 Å². The lowest BCUT2D eigenvalue weighted by Crippen LogP contribution is -2.54. The Morgan fingerprint density at radius 2 is 1.35 bits per heavy atom. The van der Waals surface area contributed by atoms with Gasteiger partial charge in [-0.2, -0.15) is 0 Å². The number of carbonyl (C=O) groups excluding carboxylic acids is 4. The largest absolute Gasteiger partial charge is 0.453 e. The Labute approximate surface area is 312 Å². The Balaban J connectivity index is 0.976. The molecular formula is C40H44N8O6. The van der Waals surface area contributed by atoms with Crippen molar-refractivity contribution in [3.63, 3.8) is 0 Å². The average Bonchev–Trinajstić information content (AvgIpc) is 4.02. The van der Waals surface area contributed by atoms with Crippen molar-refractivity contribution in [3.05, 3.63) is 72.3 Å². The number of aromatic amines is 2. The van der Waals surface area contributed by atoms with Gasteiger partial charge in [-0.05, 0) is 91.5 Å². The predicted molar refractivity (Wildman–Crippen MR) is 201 cm³/mol. The van der Waals surface area contributed by atoms with Crippen molar-refractivity contribution >= 4 is 46.1 Å². The van der Waals surface area contributed by atoms with Crippen LogP contribution in [0.15, 0.2) is 60.7 Å². The molecule has 0 radical (unpaired) electrons. The molecule has 0 bridgehead atoms. The van der Waals surface area contributed by atoms with Crippen LogP contribution in [-0.2, 0) is 19.1 Å². The minimum Gasteiger partial charge on any atom is -0.453 e. The van der Waals surface area contributed by atoms with Gasteiger partial charge in [-0.25, -0.2) is 19.6 Å². The first-order chi connectivity index (χ1) is 26.2. The van der Waals surface area contributed by atoms with Crippen molar-refractivity contribution in [2.75, 3.05) is 20.8 Å². The molecule has 0 spiro atoms. The highest BCUT2D eigenvalue weighted by Crippen LogP contribution is 2.41. The van der Waals surface area contributed by atoms with E-state index < -0.39 is 24.3 Å². The maximum absolute atomic E-state index is 13.4. The van der Waals surface area contributed by atoms with E-state index in [1.807, 2.05) is 28.9 Å². The number of hydrogen-bond acceptors (Lipinski definition) is 8. The highest BCUT2D eigenvalue weighted by molar-refractivity contribution is 5.89. The van der Waals surface area contributed by atoms with Crippen LogP contribution in [0.25, 0.3) is 44.3 Å². The molecule has 0 unspecified atom stereocenters. The molecule has 14 nitrogen and oxygen atoms in total. The van der Waals surface area contributed by atoms with Crippen LogP contribution in [0.2, 0.25) is 0 Å². The van der Waals surface area contributed by atoms with Crippen molar-refractivity contribution in [3.8, 4) is 22.3 Å². The third kappa shape index (κ3) is 6.49. The van der Waals surface area contributed by atoms with Crippen LogP contribution < -0.4 is 10.6 Å². The summed E-state index contributed by atoms with van der Waals surface area (Å²) in [7, 11) is 2.59. The molecule has 4 N–H and O–H groups in total. The molecule has 4 amide bonds. The summed E-state index contributed by atoms with van der Waals surface area (Å²) >= 11 is 0. The lowest BCUT2D eigenvalue weighted by atomic mass is 9.98. The summed E-state index contributed by atoms with van der Waals surface area (Å²) in [5.74, 6) is 1.28. The fourth-order valence-electron chi connectivity index (χ4n) is 8.41. The van der Waals surface area contributed by atoms with E-state index >= 15 is 0 Å². The van der Waals surface area contributed by atoms with Gasteiger partial charge < -0.3 is 39.9 Å². The number of rotatable bonds is 8. The highest BCUT2D eigenvalue weighted by atomic mass is 16.5. The number of methoxy groups -OCH3 is 2. The first kappa shape index (κ1) is 35.1. The number of hydrogen-bond donors (Lipinski definition) is 4. The molecule has 5 atom stereocenters. The Bertz CT molecular complexity index is 2230. The van der Waals surface area contributed by atoms with Crippen molar-refractivity contribution in [2.45, 2.75) is 82.1 Å². The van der Waals surface area contributed by atoms with Crippen LogP contribution in [0.1, 0.15) is 75.6 Å². The number of ether oxygens (including phenoxy) is 2. The first-order valence-corrected chi connectivity index (χ1v) is 18.7. The SMILES string of the molecule is CC[C@@H](NC(=O)OC)C(=O)N1CCC[C@H]1c1nc2ccc(-c3ccc(-c4ccc5nc([C@@H]6CC[C@@H]7CC[C@H](NC(=O)OC)C(=O)N76)[nH]c5c4)cc3)cc2[nH]1. The number of nitrogens with zero attached hydrogens (tertiary/aromatic N) is 4. The molecule has 3 fully saturated rings. The molecular weight excluding hydrogens is 688 g/mol. The van der Waals surface area contributed by atoms with Crippen molar-refractivity contribution in [1.82, 2.24) is 40.4 Å². The summed E-state index contributed by atoms with van der Waals surface area (Å²) in [6.45, 7) is 2.46. The van der Waals surface area contributed by atoms with E-state index in [9.17, 15) is 19.2 Å². The summed E-state index contributed by atoms with van der Waals surface area (Å²) in [6, 6.07) is 19.2. The number of benzene rings is 3. The number of amides is 4. The predicted octanol–water partition coefficient (Wildman–Crippen LogP) is 6.12. The number of piperidine rings is 1. The fourth-order valence-corrected chi connectivity index (χ4v) is 8.41. The molecule has 3 aromatic carbocycles. The first-order valence-electron chi connectivity index (χ1n) is 18.7. The zero-order chi connectivity index (χ0) is 37.5. The Hall–Kier alpha value is -5.92. The van der Waals surface area contributed by atoms with Crippen LogP contribution in [0.4, 0.5) is 9.59 Å². The number of carbonyl (C=O) groups is 4. The van der Waals surface area contributed by atoms with Crippen LogP contribution in [0.3, 0.4) is 0 Å². The van der Waals surface area contributed by atoms with E-state index in [0.717, 1.165) is 88.1 Å². The Morgan fingerprint density at radius 3 is 1.94 bits per heavy atom. The number of aromatic nitrogens is 4. The number of H-pyrrole nitrogens is 2.